The van der Waals surface area contributed by atoms with E-state index in [-0.39, 0.29) is 18.8 Å². The van der Waals surface area contributed by atoms with Crippen molar-refractivity contribution < 1.29 is 9.84 Å². The molecule has 2 rings (SSSR count). The van der Waals surface area contributed by atoms with Crippen LogP contribution in [-0.4, -0.2) is 30.4 Å². The fourth-order valence-electron chi connectivity index (χ4n) is 3.11. The molecule has 0 spiro atoms. The van der Waals surface area contributed by atoms with E-state index in [4.69, 9.17) is 10.5 Å². The van der Waals surface area contributed by atoms with Gasteiger partial charge >= 0.3 is 0 Å². The number of nitrogens with one attached hydrogen (secondary N) is 1. The highest BCUT2D eigenvalue weighted by atomic mass is 16.5. The summed E-state index contributed by atoms with van der Waals surface area (Å²) in [5.41, 5.74) is 7.11. The van der Waals surface area contributed by atoms with Gasteiger partial charge in [0.05, 0.1) is 6.10 Å². The molecule has 21 heavy (non-hydrogen) atoms. The normalized spacial score (nSPS) is 23.5. The van der Waals surface area contributed by atoms with Gasteiger partial charge in [-0.3, -0.25) is 0 Å². The lowest BCUT2D eigenvalue weighted by molar-refractivity contribution is 0.199. The molecule has 0 aromatic heterocycles. The van der Waals surface area contributed by atoms with Gasteiger partial charge in [0.1, 0.15) is 5.75 Å². The van der Waals surface area contributed by atoms with Crippen molar-refractivity contribution >= 4 is 0 Å². The second-order valence-corrected chi connectivity index (χ2v) is 6.17. The molecule has 0 radical (unpaired) electrons. The number of hydrogen-bond acceptors (Lipinski definition) is 4. The Kier molecular flexibility index (Phi) is 6.03. The topological polar surface area (TPSA) is 67.5 Å². The Bertz CT molecular complexity index is 437. The van der Waals surface area contributed by atoms with Gasteiger partial charge in [0.2, 0.25) is 0 Å². The fourth-order valence-corrected chi connectivity index (χ4v) is 3.11. The number of nitrogens with two attached hydrogens (primary N) is 1. The van der Waals surface area contributed by atoms with Gasteiger partial charge in [-0.05, 0) is 50.3 Å². The van der Waals surface area contributed by atoms with Crippen LogP contribution in [0.4, 0.5) is 0 Å². The summed E-state index contributed by atoms with van der Waals surface area (Å²) >= 11 is 0. The predicted molar refractivity (Wildman–Crippen MR) is 85.4 cm³/mol. The van der Waals surface area contributed by atoms with E-state index in [0.717, 1.165) is 24.2 Å². The van der Waals surface area contributed by atoms with Crippen LogP contribution in [0.25, 0.3) is 0 Å². The van der Waals surface area contributed by atoms with Crippen molar-refractivity contribution in [2.45, 2.75) is 51.3 Å². The van der Waals surface area contributed by atoms with Crippen LogP contribution in [0.2, 0.25) is 0 Å². The summed E-state index contributed by atoms with van der Waals surface area (Å²) in [5, 5.41) is 13.1. The van der Waals surface area contributed by atoms with Crippen molar-refractivity contribution in [2.75, 3.05) is 13.2 Å². The number of rotatable bonds is 7. The fraction of sp³-hybridized carbons (Fsp3) is 0.647. The first-order chi connectivity index (χ1) is 10.1. The van der Waals surface area contributed by atoms with E-state index in [2.05, 4.69) is 17.4 Å². The zero-order chi connectivity index (χ0) is 15.2. The Morgan fingerprint density at radius 3 is 2.86 bits per heavy atom. The molecule has 4 nitrogen and oxygen atoms in total. The third kappa shape index (κ3) is 4.43. The van der Waals surface area contributed by atoms with E-state index in [0.29, 0.717) is 18.5 Å². The lowest BCUT2D eigenvalue weighted by Gasteiger charge is -2.26. The Labute approximate surface area is 127 Å². The van der Waals surface area contributed by atoms with Gasteiger partial charge in [0, 0.05) is 25.2 Å². The molecular weight excluding hydrogens is 264 g/mol. The minimum Gasteiger partial charge on any atom is -0.491 e. The summed E-state index contributed by atoms with van der Waals surface area (Å²) in [6.07, 6.45) is 3.56. The van der Waals surface area contributed by atoms with Crippen LogP contribution in [0.15, 0.2) is 24.3 Å². The van der Waals surface area contributed by atoms with Crippen LogP contribution >= 0.6 is 0 Å². The molecule has 0 heterocycles. The second-order valence-electron chi connectivity index (χ2n) is 6.17. The third-order valence-corrected chi connectivity index (χ3v) is 4.18. The molecule has 0 aliphatic heterocycles. The van der Waals surface area contributed by atoms with Gasteiger partial charge in [0.15, 0.2) is 0 Å². The van der Waals surface area contributed by atoms with Crippen LogP contribution in [0.3, 0.4) is 0 Å². The van der Waals surface area contributed by atoms with Gasteiger partial charge in [-0.2, -0.15) is 0 Å². The van der Waals surface area contributed by atoms with E-state index in [1.165, 1.54) is 6.42 Å². The highest BCUT2D eigenvalue weighted by molar-refractivity contribution is 5.31. The zero-order valence-corrected chi connectivity index (χ0v) is 13.1. The monoisotopic (exact) mass is 292 g/mol. The number of aliphatic hydroxyl groups is 1. The first kappa shape index (κ1) is 16.3. The minimum absolute atomic E-state index is 0.109. The lowest BCUT2D eigenvalue weighted by Crippen LogP contribution is -2.39. The second kappa shape index (κ2) is 7.78. The molecule has 4 N–H and O–H groups in total. The van der Waals surface area contributed by atoms with Gasteiger partial charge in [-0.1, -0.05) is 18.6 Å². The standard InChI is InChI=1S/C17H28N2O2/c1-12(2)21-15-7-3-5-13(9-15)17(10-18)19-16-8-4-6-14(16)11-20/h3,5,7,9,12,14,16-17,19-20H,4,6,8,10-11,18H2,1-2H3. The third-order valence-electron chi connectivity index (χ3n) is 4.18. The molecule has 1 saturated carbocycles. The van der Waals surface area contributed by atoms with E-state index in [1.54, 1.807) is 0 Å². The van der Waals surface area contributed by atoms with E-state index in [9.17, 15) is 5.11 Å². The van der Waals surface area contributed by atoms with Crippen LogP contribution in [0.5, 0.6) is 5.75 Å². The predicted octanol–water partition coefficient (Wildman–Crippen LogP) is 2.22. The quantitative estimate of drug-likeness (QED) is 0.721. The average Bonchev–Trinajstić information content (AvgIpc) is 2.91. The number of benzene rings is 1. The molecule has 0 bridgehead atoms. The summed E-state index contributed by atoms with van der Waals surface area (Å²) in [6.45, 7) is 4.84. The molecule has 1 aliphatic carbocycles. The van der Waals surface area contributed by atoms with E-state index >= 15 is 0 Å². The van der Waals surface area contributed by atoms with Gasteiger partial charge < -0.3 is 20.9 Å². The molecule has 1 aromatic carbocycles. The molecule has 1 aromatic rings. The Morgan fingerprint density at radius 1 is 1.38 bits per heavy atom. The van der Waals surface area contributed by atoms with Crippen LogP contribution in [0.1, 0.15) is 44.7 Å². The number of ether oxygens (including phenoxy) is 1. The largest absolute Gasteiger partial charge is 0.491 e. The Balaban J connectivity index is 2.06. The van der Waals surface area contributed by atoms with Crippen LogP contribution < -0.4 is 15.8 Å². The maximum atomic E-state index is 9.44. The summed E-state index contributed by atoms with van der Waals surface area (Å²) in [7, 11) is 0. The summed E-state index contributed by atoms with van der Waals surface area (Å²) < 4.78 is 5.75. The molecule has 4 heteroatoms. The first-order valence-corrected chi connectivity index (χ1v) is 7.97. The van der Waals surface area contributed by atoms with Gasteiger partial charge in [-0.15, -0.1) is 0 Å². The molecule has 1 aliphatic rings. The minimum atomic E-state index is 0.109. The molecule has 3 atom stereocenters. The van der Waals surface area contributed by atoms with Crippen molar-refractivity contribution in [1.29, 1.82) is 0 Å². The number of hydrogen-bond donors (Lipinski definition) is 3. The molecule has 0 saturated heterocycles. The molecule has 1 fully saturated rings. The molecule has 0 amide bonds. The maximum Gasteiger partial charge on any atom is 0.120 e. The highest BCUT2D eigenvalue weighted by Crippen LogP contribution is 2.28. The molecule has 118 valence electrons. The molecule has 3 unspecified atom stereocenters. The maximum absolute atomic E-state index is 9.44. The Hall–Kier alpha value is -1.10. The van der Waals surface area contributed by atoms with Crippen molar-refractivity contribution in [3.8, 4) is 5.75 Å². The highest BCUT2D eigenvalue weighted by Gasteiger charge is 2.28. The smallest absolute Gasteiger partial charge is 0.120 e. The number of aliphatic hydroxyl groups excluding tert-OH is 1. The van der Waals surface area contributed by atoms with Crippen molar-refractivity contribution in [2.24, 2.45) is 11.7 Å². The summed E-state index contributed by atoms with van der Waals surface area (Å²) in [5.74, 6) is 1.24. The van der Waals surface area contributed by atoms with Gasteiger partial charge in [-0.25, -0.2) is 0 Å². The Morgan fingerprint density at radius 2 is 2.19 bits per heavy atom. The van der Waals surface area contributed by atoms with Crippen molar-refractivity contribution in [3.05, 3.63) is 29.8 Å². The lowest BCUT2D eigenvalue weighted by atomic mass is 10.0. The summed E-state index contributed by atoms with van der Waals surface area (Å²) in [6, 6.07) is 8.60. The van der Waals surface area contributed by atoms with Crippen LogP contribution in [-0.2, 0) is 0 Å². The zero-order valence-electron chi connectivity index (χ0n) is 13.1. The van der Waals surface area contributed by atoms with Crippen molar-refractivity contribution in [1.82, 2.24) is 5.32 Å². The van der Waals surface area contributed by atoms with Crippen molar-refractivity contribution in [3.63, 3.8) is 0 Å². The SMILES string of the molecule is CC(C)Oc1cccc(C(CN)NC2CCCC2CO)c1. The van der Waals surface area contributed by atoms with E-state index < -0.39 is 0 Å². The first-order valence-electron chi connectivity index (χ1n) is 7.97. The van der Waals surface area contributed by atoms with Gasteiger partial charge in [0.25, 0.3) is 0 Å². The average molecular weight is 292 g/mol. The van der Waals surface area contributed by atoms with E-state index in [1.807, 2.05) is 26.0 Å². The molecular formula is C17H28N2O2. The van der Waals surface area contributed by atoms with Crippen LogP contribution in [0, 0.1) is 5.92 Å². The summed E-state index contributed by atoms with van der Waals surface area (Å²) in [4.78, 5) is 0.